The molecule has 1 aliphatic heterocycles. The lowest BCUT2D eigenvalue weighted by Crippen LogP contribution is -2.43. The van der Waals surface area contributed by atoms with Gasteiger partial charge in [-0.3, -0.25) is 9.79 Å². The molecule has 0 bridgehead atoms. The maximum Gasteiger partial charge on any atom is 0.223 e. The van der Waals surface area contributed by atoms with Crippen molar-refractivity contribution in [2.24, 2.45) is 4.99 Å². The van der Waals surface area contributed by atoms with Gasteiger partial charge in [0.25, 0.3) is 0 Å². The van der Waals surface area contributed by atoms with Crippen LogP contribution in [0.4, 0.5) is 0 Å². The number of thioether (sulfide) groups is 1. The molecule has 0 aromatic heterocycles. The largest absolute Gasteiger partial charge is 0.356 e. The van der Waals surface area contributed by atoms with E-state index in [1.54, 1.807) is 0 Å². The van der Waals surface area contributed by atoms with Gasteiger partial charge in [0.05, 0.1) is 0 Å². The molecule has 150 valence electrons. The highest BCUT2D eigenvalue weighted by atomic mass is 127. The summed E-state index contributed by atoms with van der Waals surface area (Å²) >= 11 is 1.96. The molecule has 0 saturated heterocycles. The van der Waals surface area contributed by atoms with Crippen LogP contribution in [0.25, 0.3) is 0 Å². The van der Waals surface area contributed by atoms with Gasteiger partial charge in [0.1, 0.15) is 0 Å². The quantitative estimate of drug-likeness (QED) is 0.271. The highest BCUT2D eigenvalue weighted by Gasteiger charge is 2.25. The third-order valence-corrected chi connectivity index (χ3v) is 6.43. The number of guanidine groups is 1. The summed E-state index contributed by atoms with van der Waals surface area (Å²) in [5.41, 5.74) is 2.56. The second-order valence-electron chi connectivity index (χ2n) is 7.13. The maximum absolute atomic E-state index is 12.4. The highest BCUT2D eigenvalue weighted by Crippen LogP contribution is 2.28. The lowest BCUT2D eigenvalue weighted by molar-refractivity contribution is -0.131. The van der Waals surface area contributed by atoms with E-state index in [0.717, 1.165) is 37.3 Å². The van der Waals surface area contributed by atoms with E-state index in [2.05, 4.69) is 34.0 Å². The Hall–Kier alpha value is -0.960. The smallest absolute Gasteiger partial charge is 0.223 e. The second kappa shape index (κ2) is 11.1. The summed E-state index contributed by atoms with van der Waals surface area (Å²) in [5.74, 6) is 1.10. The van der Waals surface area contributed by atoms with Crippen LogP contribution in [0.1, 0.15) is 43.2 Å². The molecule has 1 heterocycles. The number of rotatable bonds is 6. The number of hydrogen-bond acceptors (Lipinski definition) is 3. The van der Waals surface area contributed by atoms with Crippen molar-refractivity contribution in [2.75, 3.05) is 19.8 Å². The Morgan fingerprint density at radius 1 is 1.26 bits per heavy atom. The predicted octanol–water partition coefficient (Wildman–Crippen LogP) is 3.38. The van der Waals surface area contributed by atoms with Crippen molar-refractivity contribution in [3.8, 4) is 0 Å². The average Bonchev–Trinajstić information content (AvgIpc) is 3.30. The van der Waals surface area contributed by atoms with Gasteiger partial charge < -0.3 is 15.5 Å². The number of amides is 1. The molecule has 2 aliphatic rings. The van der Waals surface area contributed by atoms with Gasteiger partial charge in [-0.2, -0.15) is 11.8 Å². The molecule has 2 atom stereocenters. The molecular formula is C20H31IN4OS. The maximum atomic E-state index is 12.4. The van der Waals surface area contributed by atoms with Crippen LogP contribution < -0.4 is 10.6 Å². The third kappa shape index (κ3) is 6.27. The van der Waals surface area contributed by atoms with Crippen molar-refractivity contribution < 1.29 is 4.79 Å². The van der Waals surface area contributed by atoms with E-state index in [4.69, 9.17) is 0 Å². The average molecular weight is 502 g/mol. The van der Waals surface area contributed by atoms with Crippen LogP contribution in [0.15, 0.2) is 29.3 Å². The van der Waals surface area contributed by atoms with E-state index in [1.165, 1.54) is 30.4 Å². The molecule has 5 nitrogen and oxygen atoms in total. The van der Waals surface area contributed by atoms with E-state index in [0.29, 0.717) is 12.5 Å². The number of nitrogens with one attached hydrogen (secondary N) is 2. The molecule has 27 heavy (non-hydrogen) atoms. The molecule has 3 rings (SSSR count). The van der Waals surface area contributed by atoms with E-state index >= 15 is 0 Å². The van der Waals surface area contributed by atoms with Gasteiger partial charge in [0.2, 0.25) is 5.91 Å². The van der Waals surface area contributed by atoms with Crippen LogP contribution in [0.2, 0.25) is 0 Å². The molecule has 0 spiro atoms. The number of fused-ring (bicyclic) bond motifs is 1. The Balaban J connectivity index is 0.00000261. The van der Waals surface area contributed by atoms with Crippen molar-refractivity contribution in [2.45, 2.75) is 56.5 Å². The van der Waals surface area contributed by atoms with Gasteiger partial charge in [0, 0.05) is 44.4 Å². The minimum absolute atomic E-state index is 0. The summed E-state index contributed by atoms with van der Waals surface area (Å²) in [5, 5.41) is 7.64. The molecule has 2 N–H and O–H groups in total. The zero-order valence-electron chi connectivity index (χ0n) is 16.2. The molecule has 1 saturated carbocycles. The molecule has 1 amide bonds. The van der Waals surface area contributed by atoms with Crippen molar-refractivity contribution >= 4 is 47.6 Å². The number of hydrogen-bond donors (Lipinski definition) is 2. The molecule has 1 aliphatic carbocycles. The summed E-state index contributed by atoms with van der Waals surface area (Å²) in [6.07, 6.45) is 7.29. The fourth-order valence-corrected chi connectivity index (χ4v) is 4.58. The monoisotopic (exact) mass is 502 g/mol. The first-order valence-corrected chi connectivity index (χ1v) is 10.8. The minimum atomic E-state index is 0. The SMILES string of the molecule is CN=C(NCCCC(=O)N1Cc2ccccc2C1)NC1CCC(SC)C1.I. The number of benzene rings is 1. The van der Waals surface area contributed by atoms with Crippen LogP contribution in [0, 0.1) is 0 Å². The Morgan fingerprint density at radius 3 is 2.56 bits per heavy atom. The number of aliphatic imine (C=N–C) groups is 1. The molecular weight excluding hydrogens is 471 g/mol. The Morgan fingerprint density at radius 2 is 1.96 bits per heavy atom. The second-order valence-corrected chi connectivity index (χ2v) is 8.27. The summed E-state index contributed by atoms with van der Waals surface area (Å²) < 4.78 is 0. The highest BCUT2D eigenvalue weighted by molar-refractivity contribution is 14.0. The molecule has 1 fully saturated rings. The first-order chi connectivity index (χ1) is 12.7. The number of carbonyl (C=O) groups is 1. The lowest BCUT2D eigenvalue weighted by atomic mass is 10.1. The van der Waals surface area contributed by atoms with Crippen LogP contribution in [-0.2, 0) is 17.9 Å². The third-order valence-electron chi connectivity index (χ3n) is 5.34. The fourth-order valence-electron chi connectivity index (χ4n) is 3.79. The summed E-state index contributed by atoms with van der Waals surface area (Å²) in [4.78, 5) is 18.7. The van der Waals surface area contributed by atoms with Gasteiger partial charge in [-0.05, 0) is 43.1 Å². The van der Waals surface area contributed by atoms with E-state index in [9.17, 15) is 4.79 Å². The Labute approximate surface area is 184 Å². The number of halogens is 1. The van der Waals surface area contributed by atoms with Gasteiger partial charge in [0.15, 0.2) is 5.96 Å². The van der Waals surface area contributed by atoms with Crippen molar-refractivity contribution in [1.82, 2.24) is 15.5 Å². The van der Waals surface area contributed by atoms with E-state index in [-0.39, 0.29) is 29.9 Å². The van der Waals surface area contributed by atoms with Gasteiger partial charge in [-0.25, -0.2) is 0 Å². The van der Waals surface area contributed by atoms with Crippen LogP contribution >= 0.6 is 35.7 Å². The van der Waals surface area contributed by atoms with E-state index in [1.807, 2.05) is 35.8 Å². The number of nitrogens with zero attached hydrogens (tertiary/aromatic N) is 2. The van der Waals surface area contributed by atoms with Crippen molar-refractivity contribution in [3.05, 3.63) is 35.4 Å². The van der Waals surface area contributed by atoms with Crippen LogP contribution in [-0.4, -0.2) is 47.9 Å². The molecule has 0 radical (unpaired) electrons. The summed E-state index contributed by atoms with van der Waals surface area (Å²) in [6.45, 7) is 2.28. The molecule has 1 aromatic rings. The van der Waals surface area contributed by atoms with Gasteiger partial charge >= 0.3 is 0 Å². The van der Waals surface area contributed by atoms with Gasteiger partial charge in [-0.15, -0.1) is 24.0 Å². The fraction of sp³-hybridized carbons (Fsp3) is 0.600. The molecule has 2 unspecified atom stereocenters. The van der Waals surface area contributed by atoms with Crippen LogP contribution in [0.5, 0.6) is 0 Å². The zero-order valence-corrected chi connectivity index (χ0v) is 19.4. The topological polar surface area (TPSA) is 56.7 Å². The first-order valence-electron chi connectivity index (χ1n) is 9.54. The summed E-state index contributed by atoms with van der Waals surface area (Å²) in [6, 6.07) is 8.83. The lowest BCUT2D eigenvalue weighted by Gasteiger charge is -2.18. The van der Waals surface area contributed by atoms with Crippen LogP contribution in [0.3, 0.4) is 0 Å². The Kier molecular flexibility index (Phi) is 9.21. The first kappa shape index (κ1) is 22.3. The standard InChI is InChI=1S/C20H30N4OS.HI/c1-21-20(23-17-9-10-18(12-17)26-2)22-11-5-8-19(25)24-13-15-6-3-4-7-16(15)14-24;/h3-4,6-7,17-18H,5,8-14H2,1-2H3,(H2,21,22,23);1H. The predicted molar refractivity (Wildman–Crippen MR) is 125 cm³/mol. The van der Waals surface area contributed by atoms with Gasteiger partial charge in [-0.1, -0.05) is 24.3 Å². The summed E-state index contributed by atoms with van der Waals surface area (Å²) in [7, 11) is 1.81. The minimum Gasteiger partial charge on any atom is -0.356 e. The van der Waals surface area contributed by atoms with Crippen molar-refractivity contribution in [1.29, 1.82) is 0 Å². The van der Waals surface area contributed by atoms with Crippen molar-refractivity contribution in [3.63, 3.8) is 0 Å². The number of carbonyl (C=O) groups excluding carboxylic acids is 1. The van der Waals surface area contributed by atoms with E-state index < -0.39 is 0 Å². The Bertz CT molecular complexity index is 630. The zero-order chi connectivity index (χ0) is 18.4. The normalized spacial score (nSPS) is 21.6. The molecule has 7 heteroatoms. The molecule has 1 aromatic carbocycles.